The highest BCUT2D eigenvalue weighted by Gasteiger charge is 2.40. The van der Waals surface area contributed by atoms with Crippen LogP contribution in [0.25, 0.3) is 0 Å². The quantitative estimate of drug-likeness (QED) is 0.711. The highest BCUT2D eigenvalue weighted by molar-refractivity contribution is 5.47. The molecule has 0 aromatic rings. The Morgan fingerprint density at radius 1 is 1.27 bits per heavy atom. The van der Waals surface area contributed by atoms with Gasteiger partial charge in [0.1, 0.15) is 0 Å². The predicted molar refractivity (Wildman–Crippen MR) is 61.4 cm³/mol. The van der Waals surface area contributed by atoms with E-state index in [1.54, 1.807) is 0 Å². The van der Waals surface area contributed by atoms with Crippen molar-refractivity contribution in [3.05, 3.63) is 0 Å². The first-order chi connectivity index (χ1) is 7.24. The van der Waals surface area contributed by atoms with E-state index >= 15 is 0 Å². The Bertz CT molecular complexity index is 227. The zero-order valence-corrected chi connectivity index (χ0v) is 9.91. The molecule has 2 nitrogen and oxygen atoms in total. The van der Waals surface area contributed by atoms with E-state index in [2.05, 4.69) is 19.2 Å². The maximum absolute atomic E-state index is 10.7. The third kappa shape index (κ3) is 2.19. The third-order valence-corrected chi connectivity index (χ3v) is 4.51. The van der Waals surface area contributed by atoms with E-state index in [4.69, 9.17) is 0 Å². The number of hydrogen-bond donors (Lipinski definition) is 1. The molecule has 0 aromatic carbocycles. The lowest BCUT2D eigenvalue weighted by Crippen LogP contribution is -2.49. The Kier molecular flexibility index (Phi) is 3.32. The Labute approximate surface area is 92.8 Å². The molecule has 0 aromatic heterocycles. The molecule has 86 valence electrons. The van der Waals surface area contributed by atoms with Gasteiger partial charge in [0.05, 0.1) is 0 Å². The molecule has 2 aliphatic rings. The van der Waals surface area contributed by atoms with Gasteiger partial charge in [-0.15, -0.1) is 0 Å². The van der Waals surface area contributed by atoms with Crippen molar-refractivity contribution < 1.29 is 4.79 Å². The predicted octanol–water partition coefficient (Wildman–Crippen LogP) is 2.58. The van der Waals surface area contributed by atoms with Crippen LogP contribution in [0.4, 0.5) is 0 Å². The molecule has 0 heterocycles. The summed E-state index contributed by atoms with van der Waals surface area (Å²) in [5, 5.41) is 3.08. The number of hydrogen-bond acceptors (Lipinski definition) is 1. The number of amides is 1. The minimum absolute atomic E-state index is 0.464. The lowest BCUT2D eigenvalue weighted by molar-refractivity contribution is -0.111. The van der Waals surface area contributed by atoms with Gasteiger partial charge in [0.25, 0.3) is 0 Å². The highest BCUT2D eigenvalue weighted by atomic mass is 16.1. The Hall–Kier alpha value is -0.530. The molecule has 2 heteroatoms. The Morgan fingerprint density at radius 3 is 2.73 bits per heavy atom. The summed E-state index contributed by atoms with van der Waals surface area (Å²) in [5.41, 5.74) is 0. The second-order valence-electron chi connectivity index (χ2n) is 5.65. The molecule has 0 aliphatic heterocycles. The Morgan fingerprint density at radius 2 is 2.07 bits per heavy atom. The summed E-state index contributed by atoms with van der Waals surface area (Å²) in [5.74, 6) is 3.28. The summed E-state index contributed by atoms with van der Waals surface area (Å²) in [6, 6.07) is 0.464. The van der Waals surface area contributed by atoms with Gasteiger partial charge in [0.2, 0.25) is 6.41 Å². The average Bonchev–Trinajstić information content (AvgIpc) is 2.21. The van der Waals surface area contributed by atoms with Crippen LogP contribution in [-0.2, 0) is 4.79 Å². The summed E-state index contributed by atoms with van der Waals surface area (Å²) < 4.78 is 0. The molecule has 1 N–H and O–H groups in total. The van der Waals surface area contributed by atoms with Gasteiger partial charge in [-0.3, -0.25) is 4.79 Å². The third-order valence-electron chi connectivity index (χ3n) is 4.51. The van der Waals surface area contributed by atoms with Crippen molar-refractivity contribution >= 4 is 6.41 Å². The van der Waals surface area contributed by atoms with Crippen molar-refractivity contribution in [1.82, 2.24) is 5.32 Å². The smallest absolute Gasteiger partial charge is 0.207 e. The zero-order chi connectivity index (χ0) is 10.8. The van der Waals surface area contributed by atoms with Crippen LogP contribution in [0.2, 0.25) is 0 Å². The Balaban J connectivity index is 2.08. The van der Waals surface area contributed by atoms with Crippen molar-refractivity contribution in [3.63, 3.8) is 0 Å². The molecular formula is C13H23NO. The molecule has 0 spiro atoms. The summed E-state index contributed by atoms with van der Waals surface area (Å²) in [6.07, 6.45) is 7.55. The summed E-state index contributed by atoms with van der Waals surface area (Å²) >= 11 is 0. The van der Waals surface area contributed by atoms with E-state index in [0.29, 0.717) is 6.04 Å². The van der Waals surface area contributed by atoms with Crippen LogP contribution >= 0.6 is 0 Å². The van der Waals surface area contributed by atoms with E-state index in [-0.39, 0.29) is 0 Å². The first-order valence-corrected chi connectivity index (χ1v) is 6.44. The number of carbonyl (C=O) groups excluding carboxylic acids is 1. The van der Waals surface area contributed by atoms with Crippen LogP contribution in [-0.4, -0.2) is 12.5 Å². The largest absolute Gasteiger partial charge is 0.355 e. The van der Waals surface area contributed by atoms with Crippen LogP contribution in [0.1, 0.15) is 46.0 Å². The molecule has 2 fully saturated rings. The molecule has 15 heavy (non-hydrogen) atoms. The van der Waals surface area contributed by atoms with Gasteiger partial charge in [-0.25, -0.2) is 0 Å². The first kappa shape index (κ1) is 11.0. The molecule has 5 unspecified atom stereocenters. The van der Waals surface area contributed by atoms with Gasteiger partial charge >= 0.3 is 0 Å². The molecule has 2 aliphatic carbocycles. The van der Waals surface area contributed by atoms with E-state index in [9.17, 15) is 4.79 Å². The fourth-order valence-electron chi connectivity index (χ4n) is 4.02. The molecule has 5 atom stereocenters. The maximum atomic E-state index is 10.7. The number of rotatable bonds is 3. The van der Waals surface area contributed by atoms with Crippen LogP contribution in [0, 0.1) is 23.7 Å². The standard InChI is InChI=1S/C13H23NO/c1-3-11-6-10-4-9(2)5-12(7-10)13(11)14-8-15/h8-13H,3-7H2,1-2H3,(H,14,15). The molecule has 2 saturated carbocycles. The summed E-state index contributed by atoms with van der Waals surface area (Å²) in [7, 11) is 0. The monoisotopic (exact) mass is 209 g/mol. The first-order valence-electron chi connectivity index (χ1n) is 6.44. The molecule has 2 rings (SSSR count). The molecule has 2 bridgehead atoms. The van der Waals surface area contributed by atoms with E-state index in [1.165, 1.54) is 32.1 Å². The average molecular weight is 209 g/mol. The molecular weight excluding hydrogens is 186 g/mol. The second-order valence-corrected chi connectivity index (χ2v) is 5.65. The van der Waals surface area contributed by atoms with E-state index in [1.807, 2.05) is 0 Å². The van der Waals surface area contributed by atoms with Crippen LogP contribution in [0.3, 0.4) is 0 Å². The number of fused-ring (bicyclic) bond motifs is 2. The van der Waals surface area contributed by atoms with Crippen molar-refractivity contribution in [1.29, 1.82) is 0 Å². The molecule has 0 radical (unpaired) electrons. The number of carbonyl (C=O) groups is 1. The van der Waals surface area contributed by atoms with E-state index < -0.39 is 0 Å². The lowest BCUT2D eigenvalue weighted by Gasteiger charge is -2.47. The maximum Gasteiger partial charge on any atom is 0.207 e. The van der Waals surface area contributed by atoms with Crippen LogP contribution in [0.15, 0.2) is 0 Å². The molecule has 1 amide bonds. The van der Waals surface area contributed by atoms with E-state index in [0.717, 1.165) is 30.1 Å². The van der Waals surface area contributed by atoms with Crippen molar-refractivity contribution in [3.8, 4) is 0 Å². The van der Waals surface area contributed by atoms with Gasteiger partial charge in [-0.2, -0.15) is 0 Å². The number of nitrogens with one attached hydrogen (secondary N) is 1. The summed E-state index contributed by atoms with van der Waals surface area (Å²) in [6.45, 7) is 4.62. The highest BCUT2D eigenvalue weighted by Crippen LogP contribution is 2.45. The van der Waals surface area contributed by atoms with Crippen molar-refractivity contribution in [2.24, 2.45) is 23.7 Å². The van der Waals surface area contributed by atoms with Crippen molar-refractivity contribution in [2.45, 2.75) is 52.0 Å². The fraction of sp³-hybridized carbons (Fsp3) is 0.923. The second kappa shape index (κ2) is 4.54. The van der Waals surface area contributed by atoms with Crippen LogP contribution < -0.4 is 5.32 Å². The zero-order valence-electron chi connectivity index (χ0n) is 9.91. The van der Waals surface area contributed by atoms with Crippen molar-refractivity contribution in [2.75, 3.05) is 0 Å². The van der Waals surface area contributed by atoms with Crippen LogP contribution in [0.5, 0.6) is 0 Å². The van der Waals surface area contributed by atoms with Gasteiger partial charge in [-0.05, 0) is 49.4 Å². The lowest BCUT2D eigenvalue weighted by atomic mass is 9.62. The SMILES string of the molecule is CCC1CC2CC(C)CC(C2)C1NC=O. The fourth-order valence-corrected chi connectivity index (χ4v) is 4.02. The topological polar surface area (TPSA) is 29.1 Å². The minimum atomic E-state index is 0.464. The summed E-state index contributed by atoms with van der Waals surface area (Å²) in [4.78, 5) is 10.7. The van der Waals surface area contributed by atoms with Gasteiger partial charge in [-0.1, -0.05) is 20.3 Å². The normalized spacial score (nSPS) is 44.8. The van der Waals surface area contributed by atoms with Gasteiger partial charge in [0, 0.05) is 6.04 Å². The van der Waals surface area contributed by atoms with Gasteiger partial charge in [0.15, 0.2) is 0 Å². The molecule has 0 saturated heterocycles. The van der Waals surface area contributed by atoms with Gasteiger partial charge < -0.3 is 5.32 Å². The minimum Gasteiger partial charge on any atom is -0.355 e.